The summed E-state index contributed by atoms with van der Waals surface area (Å²) >= 11 is 0. The number of piperazine rings is 1. The number of aryl methyl sites for hydroxylation is 1. The largest absolute Gasteiger partial charge is 0.369 e. The van der Waals surface area contributed by atoms with Gasteiger partial charge in [-0.15, -0.1) is 0 Å². The van der Waals surface area contributed by atoms with Gasteiger partial charge in [-0.05, 0) is 55.6 Å². The van der Waals surface area contributed by atoms with Crippen LogP contribution in [0.2, 0.25) is 0 Å². The van der Waals surface area contributed by atoms with Gasteiger partial charge < -0.3 is 20.0 Å². The number of aromatic nitrogens is 1. The minimum absolute atomic E-state index is 0.219. The molecule has 0 aliphatic carbocycles. The van der Waals surface area contributed by atoms with E-state index in [9.17, 15) is 4.79 Å². The molecule has 1 fully saturated rings. The fraction of sp³-hybridized carbons (Fsp3) is 0.500. The normalized spacial score (nSPS) is 17.4. The molecule has 4 rings (SSSR count). The molecule has 0 radical (unpaired) electrons. The second kappa shape index (κ2) is 9.04. The molecule has 0 bridgehead atoms. The minimum Gasteiger partial charge on any atom is -0.369 e. The first-order valence-corrected chi connectivity index (χ1v) is 11.1. The van der Waals surface area contributed by atoms with E-state index in [1.165, 1.54) is 5.69 Å². The number of rotatable bonds is 6. The minimum atomic E-state index is 0.219. The van der Waals surface area contributed by atoms with Crippen LogP contribution < -0.4 is 15.1 Å². The van der Waals surface area contributed by atoms with Crippen LogP contribution in [0.15, 0.2) is 36.5 Å². The number of hydrogen-bond acceptors (Lipinski definition) is 5. The van der Waals surface area contributed by atoms with E-state index in [1.54, 1.807) is 0 Å². The van der Waals surface area contributed by atoms with E-state index >= 15 is 0 Å². The molecule has 1 aromatic heterocycles. The highest BCUT2D eigenvalue weighted by Gasteiger charge is 2.25. The number of benzene rings is 1. The number of carbonyl (C=O) groups is 1. The lowest BCUT2D eigenvalue weighted by Crippen LogP contribution is -2.44. The Labute approximate surface area is 179 Å². The van der Waals surface area contributed by atoms with Gasteiger partial charge in [0.25, 0.3) is 0 Å². The van der Waals surface area contributed by atoms with E-state index in [-0.39, 0.29) is 5.91 Å². The highest BCUT2D eigenvalue weighted by atomic mass is 16.2. The summed E-state index contributed by atoms with van der Waals surface area (Å²) in [6.07, 6.45) is 4.28. The van der Waals surface area contributed by atoms with Crippen molar-refractivity contribution in [3.8, 4) is 0 Å². The van der Waals surface area contributed by atoms with Gasteiger partial charge in [0.15, 0.2) is 0 Å². The average molecular weight is 408 g/mol. The lowest BCUT2D eigenvalue weighted by Gasteiger charge is -2.34. The molecule has 3 heterocycles. The van der Waals surface area contributed by atoms with Crippen molar-refractivity contribution >= 4 is 28.8 Å². The molecule has 0 unspecified atom stereocenters. The lowest BCUT2D eigenvalue weighted by molar-refractivity contribution is -0.118. The molecule has 1 saturated heterocycles. The van der Waals surface area contributed by atoms with Gasteiger partial charge in [0.1, 0.15) is 5.82 Å². The maximum absolute atomic E-state index is 12.5. The fourth-order valence-corrected chi connectivity index (χ4v) is 4.10. The third-order valence-electron chi connectivity index (χ3n) is 6.10. The van der Waals surface area contributed by atoms with Gasteiger partial charge in [0.2, 0.25) is 5.91 Å². The molecule has 0 saturated carbocycles. The molecular formula is C24H33N5O. The Bertz CT molecular complexity index is 872. The number of carbonyl (C=O) groups excluding carboxylic acids is 1. The Morgan fingerprint density at radius 2 is 1.80 bits per heavy atom. The van der Waals surface area contributed by atoms with Gasteiger partial charge >= 0.3 is 0 Å². The number of hydrogen-bond donors (Lipinski definition) is 1. The SMILES string of the molecule is CC(C)CCN1C(=O)CCc2cnc(Nc3ccc(N4CCN(C)CC4)cc3)cc21. The number of nitrogens with zero attached hydrogens (tertiary/aromatic N) is 4. The predicted molar refractivity (Wildman–Crippen MR) is 124 cm³/mol. The van der Waals surface area contributed by atoms with Gasteiger partial charge in [0.05, 0.1) is 5.69 Å². The Kier molecular flexibility index (Phi) is 6.23. The van der Waals surface area contributed by atoms with Crippen molar-refractivity contribution in [2.45, 2.75) is 33.1 Å². The predicted octanol–water partition coefficient (Wildman–Crippen LogP) is 3.90. The van der Waals surface area contributed by atoms with Crippen molar-refractivity contribution in [2.24, 2.45) is 5.92 Å². The van der Waals surface area contributed by atoms with Gasteiger partial charge in [-0.25, -0.2) is 4.98 Å². The molecule has 0 spiro atoms. The molecule has 1 amide bonds. The van der Waals surface area contributed by atoms with E-state index in [4.69, 9.17) is 0 Å². The number of pyridine rings is 1. The van der Waals surface area contributed by atoms with Crippen LogP contribution in [0.1, 0.15) is 32.3 Å². The molecule has 1 aromatic carbocycles. The van der Waals surface area contributed by atoms with Crippen LogP contribution >= 0.6 is 0 Å². The molecule has 2 aliphatic heterocycles. The average Bonchev–Trinajstić information content (AvgIpc) is 2.74. The van der Waals surface area contributed by atoms with Gasteiger partial charge in [-0.3, -0.25) is 4.79 Å². The van der Waals surface area contributed by atoms with Crippen LogP contribution in [0.5, 0.6) is 0 Å². The van der Waals surface area contributed by atoms with Crippen molar-refractivity contribution in [1.29, 1.82) is 0 Å². The Morgan fingerprint density at radius 3 is 2.50 bits per heavy atom. The molecule has 0 atom stereocenters. The Balaban J connectivity index is 1.47. The summed E-state index contributed by atoms with van der Waals surface area (Å²) in [6, 6.07) is 10.6. The van der Waals surface area contributed by atoms with Crippen molar-refractivity contribution < 1.29 is 4.79 Å². The second-order valence-corrected chi connectivity index (χ2v) is 8.89. The first kappa shape index (κ1) is 20.7. The van der Waals surface area contributed by atoms with Crippen molar-refractivity contribution in [3.05, 3.63) is 42.1 Å². The first-order valence-electron chi connectivity index (χ1n) is 11.1. The number of likely N-dealkylation sites (N-methyl/N-ethyl adjacent to an activating group) is 1. The third-order valence-corrected chi connectivity index (χ3v) is 6.10. The van der Waals surface area contributed by atoms with Crippen LogP contribution in [-0.2, 0) is 11.2 Å². The summed E-state index contributed by atoms with van der Waals surface area (Å²) in [4.78, 5) is 23.9. The van der Waals surface area contributed by atoms with Gasteiger partial charge in [0, 0.05) is 62.8 Å². The Morgan fingerprint density at radius 1 is 1.07 bits per heavy atom. The second-order valence-electron chi connectivity index (χ2n) is 8.89. The maximum Gasteiger partial charge on any atom is 0.227 e. The summed E-state index contributed by atoms with van der Waals surface area (Å²) in [5.74, 6) is 1.57. The van der Waals surface area contributed by atoms with E-state index in [1.807, 2.05) is 17.2 Å². The molecule has 160 valence electrons. The van der Waals surface area contributed by atoms with Crippen molar-refractivity contribution in [1.82, 2.24) is 9.88 Å². The standard InChI is InChI=1S/C24H33N5O/c1-18(2)10-11-29-22-16-23(25-17-19(22)4-9-24(29)30)26-20-5-7-21(8-6-20)28-14-12-27(3)13-15-28/h5-8,16-18H,4,9-15H2,1-3H3,(H,25,26). The summed E-state index contributed by atoms with van der Waals surface area (Å²) in [7, 11) is 2.17. The van der Waals surface area contributed by atoms with Crippen LogP contribution in [0.25, 0.3) is 0 Å². The smallest absolute Gasteiger partial charge is 0.227 e. The molecule has 30 heavy (non-hydrogen) atoms. The zero-order valence-electron chi connectivity index (χ0n) is 18.4. The van der Waals surface area contributed by atoms with E-state index in [0.29, 0.717) is 12.3 Å². The lowest BCUT2D eigenvalue weighted by atomic mass is 10.0. The number of nitrogens with one attached hydrogen (secondary N) is 1. The highest BCUT2D eigenvalue weighted by Crippen LogP contribution is 2.31. The van der Waals surface area contributed by atoms with Crippen molar-refractivity contribution in [3.63, 3.8) is 0 Å². The zero-order chi connectivity index (χ0) is 21.1. The fourth-order valence-electron chi connectivity index (χ4n) is 4.10. The maximum atomic E-state index is 12.5. The molecule has 2 aliphatic rings. The molecule has 1 N–H and O–H groups in total. The summed E-state index contributed by atoms with van der Waals surface area (Å²) in [6.45, 7) is 9.50. The Hall–Kier alpha value is -2.60. The van der Waals surface area contributed by atoms with Crippen LogP contribution in [0.4, 0.5) is 22.9 Å². The molecule has 6 nitrogen and oxygen atoms in total. The van der Waals surface area contributed by atoms with E-state index in [2.05, 4.69) is 65.3 Å². The topological polar surface area (TPSA) is 51.7 Å². The molecular weight excluding hydrogens is 374 g/mol. The van der Waals surface area contributed by atoms with Crippen molar-refractivity contribution in [2.75, 3.05) is 54.9 Å². The summed E-state index contributed by atoms with van der Waals surface area (Å²) < 4.78 is 0. The molecule has 6 heteroatoms. The van der Waals surface area contributed by atoms with Crippen LogP contribution in [0.3, 0.4) is 0 Å². The number of anilines is 4. The summed E-state index contributed by atoms with van der Waals surface area (Å²) in [5, 5.41) is 3.42. The summed E-state index contributed by atoms with van der Waals surface area (Å²) in [5.41, 5.74) is 4.45. The highest BCUT2D eigenvalue weighted by molar-refractivity contribution is 5.96. The number of amides is 1. The van der Waals surface area contributed by atoms with Gasteiger partial charge in [-0.1, -0.05) is 13.8 Å². The van der Waals surface area contributed by atoms with Gasteiger partial charge in [-0.2, -0.15) is 0 Å². The quantitative estimate of drug-likeness (QED) is 0.787. The molecule has 2 aromatic rings. The third kappa shape index (κ3) is 4.75. The monoisotopic (exact) mass is 407 g/mol. The first-order chi connectivity index (χ1) is 14.5. The number of fused-ring (bicyclic) bond motifs is 1. The van der Waals surface area contributed by atoms with E-state index in [0.717, 1.165) is 68.3 Å². The van der Waals surface area contributed by atoms with Crippen LogP contribution in [-0.4, -0.2) is 55.6 Å². The zero-order valence-corrected chi connectivity index (χ0v) is 18.4. The van der Waals surface area contributed by atoms with E-state index < -0.39 is 0 Å². The van der Waals surface area contributed by atoms with Crippen LogP contribution in [0, 0.1) is 5.92 Å².